The van der Waals surface area contributed by atoms with Gasteiger partial charge in [-0.1, -0.05) is 42.4 Å². The van der Waals surface area contributed by atoms with E-state index in [1.807, 2.05) is 19.1 Å². The van der Waals surface area contributed by atoms with Crippen LogP contribution in [0.2, 0.25) is 5.02 Å². The first kappa shape index (κ1) is 35.4. The van der Waals surface area contributed by atoms with E-state index in [1.165, 1.54) is 32.0 Å². The van der Waals surface area contributed by atoms with E-state index in [-0.39, 0.29) is 6.61 Å². The highest BCUT2D eigenvalue weighted by Gasteiger charge is 2.34. The molecule has 0 saturated heterocycles. The topological polar surface area (TPSA) is 83.1 Å². The maximum atomic E-state index is 13.1. The van der Waals surface area contributed by atoms with E-state index < -0.39 is 36.8 Å². The van der Waals surface area contributed by atoms with Crippen LogP contribution in [0.25, 0.3) is 0 Å². The number of halogens is 4. The lowest BCUT2D eigenvalue weighted by molar-refractivity contribution is -0.137. The van der Waals surface area contributed by atoms with E-state index in [0.29, 0.717) is 46.9 Å². The number of rotatable bonds is 14. The Labute approximate surface area is 249 Å². The second kappa shape index (κ2) is 15.1. The summed E-state index contributed by atoms with van der Waals surface area (Å²) in [6.07, 6.45) is -2.37. The molecule has 2 aromatic rings. The number of hydrogen-bond donors (Lipinski definition) is 1. The third kappa shape index (κ3) is 11.8. The van der Waals surface area contributed by atoms with Gasteiger partial charge < -0.3 is 10.1 Å². The van der Waals surface area contributed by atoms with Gasteiger partial charge in [0.15, 0.2) is 0 Å². The zero-order chi connectivity index (χ0) is 30.9. The number of carbonyl (C=O) groups is 1. The van der Waals surface area contributed by atoms with Crippen molar-refractivity contribution in [1.82, 2.24) is 5.32 Å². The van der Waals surface area contributed by atoms with Crippen molar-refractivity contribution in [3.63, 3.8) is 0 Å². The fourth-order valence-electron chi connectivity index (χ4n) is 4.03. The van der Waals surface area contributed by atoms with E-state index >= 15 is 0 Å². The molecule has 230 valence electrons. The zero-order valence-electron chi connectivity index (χ0n) is 24.1. The number of alkyl halides is 3. The van der Waals surface area contributed by atoms with E-state index in [2.05, 4.69) is 5.32 Å². The summed E-state index contributed by atoms with van der Waals surface area (Å²) in [5.41, 5.74) is -1.27. The van der Waals surface area contributed by atoms with Crippen molar-refractivity contribution in [3.05, 3.63) is 58.6 Å². The summed E-state index contributed by atoms with van der Waals surface area (Å²) in [7, 11) is -1.23. The largest absolute Gasteiger partial charge is 0.474 e. The van der Waals surface area contributed by atoms with Crippen molar-refractivity contribution in [2.75, 3.05) is 20.8 Å². The Balaban J connectivity index is 2.11. The summed E-state index contributed by atoms with van der Waals surface area (Å²) < 4.78 is 72.0. The molecule has 0 fully saturated rings. The Morgan fingerprint density at radius 3 is 2.24 bits per heavy atom. The SMILES string of the molecule is CCC(CCCc1ccc(Sc2cccc(C(F)(F)F)c2)cc1Cl)(CCOP(=O)(OC)OC)NC(=O)OC(C)(C)C. The highest BCUT2D eigenvalue weighted by Crippen LogP contribution is 2.48. The molecule has 2 rings (SSSR count). The molecule has 13 heteroatoms. The highest BCUT2D eigenvalue weighted by molar-refractivity contribution is 7.99. The molecule has 1 amide bonds. The number of alkyl carbamates (subject to hydrolysis) is 1. The van der Waals surface area contributed by atoms with Gasteiger partial charge >= 0.3 is 20.1 Å². The molecule has 1 N–H and O–H groups in total. The van der Waals surface area contributed by atoms with Crippen LogP contribution < -0.4 is 5.32 Å². The molecule has 0 aliphatic heterocycles. The van der Waals surface area contributed by atoms with Crippen LogP contribution in [0.15, 0.2) is 52.3 Å². The molecule has 0 aromatic heterocycles. The summed E-state index contributed by atoms with van der Waals surface area (Å²) in [5, 5.41) is 3.48. The number of carbonyl (C=O) groups excluding carboxylic acids is 1. The smallest absolute Gasteiger partial charge is 0.444 e. The molecule has 1 unspecified atom stereocenters. The first-order valence-electron chi connectivity index (χ1n) is 13.0. The monoisotopic (exact) mass is 639 g/mol. The van der Waals surface area contributed by atoms with Crippen LogP contribution in [0.1, 0.15) is 64.5 Å². The van der Waals surface area contributed by atoms with Crippen LogP contribution in [-0.4, -0.2) is 38.1 Å². The number of amides is 1. The maximum absolute atomic E-state index is 13.1. The molecule has 2 aromatic carbocycles. The maximum Gasteiger partial charge on any atom is 0.474 e. The summed E-state index contributed by atoms with van der Waals surface area (Å²) in [6, 6.07) is 10.5. The van der Waals surface area contributed by atoms with Gasteiger partial charge in [0.2, 0.25) is 0 Å². The van der Waals surface area contributed by atoms with E-state index in [0.717, 1.165) is 17.7 Å². The number of aryl methyl sites for hydroxylation is 1. The van der Waals surface area contributed by atoms with Crippen LogP contribution in [0.3, 0.4) is 0 Å². The van der Waals surface area contributed by atoms with Crippen molar-refractivity contribution in [1.29, 1.82) is 0 Å². The Morgan fingerprint density at radius 2 is 1.68 bits per heavy atom. The van der Waals surface area contributed by atoms with Crippen molar-refractivity contribution in [2.24, 2.45) is 0 Å². The van der Waals surface area contributed by atoms with Gasteiger partial charge in [-0.15, -0.1) is 0 Å². The average molecular weight is 640 g/mol. The minimum atomic E-state index is -4.41. The minimum Gasteiger partial charge on any atom is -0.444 e. The van der Waals surface area contributed by atoms with Gasteiger partial charge in [0, 0.05) is 34.6 Å². The second-order valence-corrected chi connectivity index (χ2v) is 13.8. The molecule has 7 nitrogen and oxygen atoms in total. The number of hydrogen-bond acceptors (Lipinski definition) is 7. The molecule has 41 heavy (non-hydrogen) atoms. The van der Waals surface area contributed by atoms with Gasteiger partial charge in [-0.25, -0.2) is 9.36 Å². The highest BCUT2D eigenvalue weighted by atomic mass is 35.5. The third-order valence-electron chi connectivity index (χ3n) is 6.24. The first-order chi connectivity index (χ1) is 19.0. The molecule has 0 aliphatic rings. The van der Waals surface area contributed by atoms with Gasteiger partial charge in [-0.2, -0.15) is 13.2 Å². The van der Waals surface area contributed by atoms with E-state index in [4.69, 9.17) is 29.9 Å². The minimum absolute atomic E-state index is 0.00477. The lowest BCUT2D eigenvalue weighted by atomic mass is 9.86. The Hall–Kier alpha value is -1.75. The van der Waals surface area contributed by atoms with Gasteiger partial charge in [0.05, 0.1) is 12.2 Å². The van der Waals surface area contributed by atoms with Crippen molar-refractivity contribution in [3.8, 4) is 0 Å². The lowest BCUT2D eigenvalue weighted by Crippen LogP contribution is -2.50. The molecule has 0 aliphatic carbocycles. The predicted octanol–water partition coefficient (Wildman–Crippen LogP) is 9.31. The van der Waals surface area contributed by atoms with Gasteiger partial charge in [0.1, 0.15) is 5.60 Å². The quantitative estimate of drug-likeness (QED) is 0.206. The van der Waals surface area contributed by atoms with Crippen LogP contribution in [0.5, 0.6) is 0 Å². The fourth-order valence-corrected chi connectivity index (χ4v) is 5.96. The average Bonchev–Trinajstić information content (AvgIpc) is 2.88. The predicted molar refractivity (Wildman–Crippen MR) is 155 cm³/mol. The van der Waals surface area contributed by atoms with Crippen molar-refractivity contribution in [2.45, 2.75) is 86.9 Å². The number of benzene rings is 2. The summed E-state index contributed by atoms with van der Waals surface area (Å²) in [5.74, 6) is 0. The van der Waals surface area contributed by atoms with Gasteiger partial charge in [-0.3, -0.25) is 13.6 Å². The molecular weight excluding hydrogens is 602 g/mol. The van der Waals surface area contributed by atoms with Crippen LogP contribution in [0, 0.1) is 0 Å². The Morgan fingerprint density at radius 1 is 1.02 bits per heavy atom. The molecule has 0 heterocycles. The molecule has 0 radical (unpaired) electrons. The van der Waals surface area contributed by atoms with E-state index in [9.17, 15) is 22.5 Å². The molecule has 0 saturated carbocycles. The van der Waals surface area contributed by atoms with Crippen LogP contribution in [-0.2, 0) is 35.5 Å². The Bertz CT molecular complexity index is 1200. The van der Waals surface area contributed by atoms with E-state index in [1.54, 1.807) is 32.9 Å². The summed E-state index contributed by atoms with van der Waals surface area (Å²) >= 11 is 7.74. The van der Waals surface area contributed by atoms with Gasteiger partial charge in [0.25, 0.3) is 0 Å². The standard InChI is InChI=1S/C28H38ClF3NO6PS/c1-7-27(33-25(34)39-26(2,3)4,16-17-38-40(35,36-5)37-6)15-9-10-20-13-14-23(19-24(20)29)41-22-12-8-11-21(18-22)28(30,31)32/h8,11-14,18-19H,7,9-10,15-17H2,1-6H3,(H,33,34). The fraction of sp³-hybridized carbons (Fsp3) is 0.536. The third-order valence-corrected chi connectivity index (χ3v) is 8.97. The first-order valence-corrected chi connectivity index (χ1v) is 15.7. The normalized spacial score (nSPS) is 14.0. The van der Waals surface area contributed by atoms with Crippen molar-refractivity contribution >= 4 is 37.3 Å². The molecule has 1 atom stereocenters. The number of ether oxygens (including phenoxy) is 1. The van der Waals surface area contributed by atoms with Crippen LogP contribution in [0.4, 0.5) is 18.0 Å². The second-order valence-electron chi connectivity index (χ2n) is 10.4. The lowest BCUT2D eigenvalue weighted by Gasteiger charge is -2.35. The number of nitrogens with one attached hydrogen (secondary N) is 1. The zero-order valence-corrected chi connectivity index (χ0v) is 26.6. The van der Waals surface area contributed by atoms with Crippen LogP contribution >= 0.6 is 31.2 Å². The van der Waals surface area contributed by atoms with Gasteiger partial charge in [-0.05, 0) is 88.8 Å². The Kier molecular flexibility index (Phi) is 13.1. The molecule has 0 spiro atoms. The summed E-state index contributed by atoms with van der Waals surface area (Å²) in [4.78, 5) is 13.9. The number of phosphoric ester groups is 1. The number of phosphoric acid groups is 1. The summed E-state index contributed by atoms with van der Waals surface area (Å²) in [6.45, 7) is 7.25. The van der Waals surface area contributed by atoms with Crippen molar-refractivity contribution < 1.29 is 40.8 Å². The molecular formula is C28H38ClF3NO6PS. The molecule has 0 bridgehead atoms.